The van der Waals surface area contributed by atoms with Crippen LogP contribution < -0.4 is 0 Å². The van der Waals surface area contributed by atoms with Crippen molar-refractivity contribution in [2.75, 3.05) is 6.61 Å². The van der Waals surface area contributed by atoms with E-state index in [-0.39, 0.29) is 29.0 Å². The van der Waals surface area contributed by atoms with Crippen molar-refractivity contribution < 1.29 is 27.5 Å². The fraction of sp³-hybridized carbons (Fsp3) is 0.750. The molecule has 1 N–H and O–H groups in total. The molecule has 0 aliphatic carbocycles. The molecular formula is C4H9AuO. The largest absolute Gasteiger partial charge is 1.00 e. The zero-order valence-corrected chi connectivity index (χ0v) is 6.12. The summed E-state index contributed by atoms with van der Waals surface area (Å²) in [6.07, 6.45) is 0. The fourth-order valence-electron chi connectivity index (χ4n) is 0. The molecule has 0 unspecified atom stereocenters. The van der Waals surface area contributed by atoms with Gasteiger partial charge in [0.05, 0.1) is 0 Å². The third-order valence-electron chi connectivity index (χ3n) is 0.316. The van der Waals surface area contributed by atoms with E-state index in [1.807, 2.05) is 13.8 Å². The van der Waals surface area contributed by atoms with E-state index in [9.17, 15) is 0 Å². The van der Waals surface area contributed by atoms with E-state index in [4.69, 9.17) is 5.11 Å². The third-order valence-corrected chi connectivity index (χ3v) is 0.316. The Morgan fingerprint density at radius 3 is 1.67 bits per heavy atom. The summed E-state index contributed by atoms with van der Waals surface area (Å²) >= 11 is 0. The molecule has 6 heavy (non-hydrogen) atoms. The molecule has 0 aromatic rings. The smallest absolute Gasteiger partial charge is 0.428 e. The Labute approximate surface area is 54.3 Å². The SMILES string of the molecule is C[C-](C)CO.[Au+]. The Bertz CT molecular complexity index is 21.5. The Morgan fingerprint density at radius 1 is 1.50 bits per heavy atom. The predicted octanol–water partition coefficient (Wildman–Crippen LogP) is 0.590. The first-order chi connectivity index (χ1) is 2.27. The van der Waals surface area contributed by atoms with Crippen molar-refractivity contribution in [1.29, 1.82) is 0 Å². The Morgan fingerprint density at radius 2 is 1.67 bits per heavy atom. The quantitative estimate of drug-likeness (QED) is 0.546. The van der Waals surface area contributed by atoms with Crippen molar-refractivity contribution in [2.24, 2.45) is 0 Å². The van der Waals surface area contributed by atoms with Gasteiger partial charge in [0.1, 0.15) is 0 Å². The van der Waals surface area contributed by atoms with Gasteiger partial charge >= 0.3 is 22.4 Å². The van der Waals surface area contributed by atoms with Crippen LogP contribution in [0.25, 0.3) is 0 Å². The van der Waals surface area contributed by atoms with Gasteiger partial charge in [0.2, 0.25) is 0 Å². The van der Waals surface area contributed by atoms with Crippen molar-refractivity contribution in [2.45, 2.75) is 13.8 Å². The molecule has 0 heterocycles. The van der Waals surface area contributed by atoms with Gasteiger partial charge in [-0.3, -0.25) is 5.92 Å². The molecule has 0 spiro atoms. The molecular weight excluding hydrogens is 261 g/mol. The maximum absolute atomic E-state index is 8.11. The Hall–Kier alpha value is 0.700. The van der Waals surface area contributed by atoms with Crippen molar-refractivity contribution >= 4 is 0 Å². The summed E-state index contributed by atoms with van der Waals surface area (Å²) in [6, 6.07) is 0. The first-order valence-corrected chi connectivity index (χ1v) is 1.67. The zero-order valence-electron chi connectivity index (χ0n) is 3.96. The number of hydrogen-bond acceptors (Lipinski definition) is 1. The van der Waals surface area contributed by atoms with Crippen LogP contribution in [-0.4, -0.2) is 11.7 Å². The van der Waals surface area contributed by atoms with Crippen LogP contribution >= 0.6 is 0 Å². The van der Waals surface area contributed by atoms with E-state index in [0.29, 0.717) is 0 Å². The summed E-state index contributed by atoms with van der Waals surface area (Å²) in [5, 5.41) is 8.11. The molecule has 0 radical (unpaired) electrons. The van der Waals surface area contributed by atoms with E-state index in [2.05, 4.69) is 0 Å². The van der Waals surface area contributed by atoms with Crippen LogP contribution in [-0.2, 0) is 22.4 Å². The molecule has 0 atom stereocenters. The molecule has 42 valence electrons. The molecule has 0 bridgehead atoms. The van der Waals surface area contributed by atoms with Gasteiger partial charge in [-0.05, 0) is 0 Å². The minimum Gasteiger partial charge on any atom is -0.428 e. The second kappa shape index (κ2) is 5.70. The van der Waals surface area contributed by atoms with Gasteiger partial charge in [0.15, 0.2) is 0 Å². The molecule has 0 amide bonds. The monoisotopic (exact) mass is 270 g/mol. The molecule has 0 aromatic heterocycles. The first-order valence-electron chi connectivity index (χ1n) is 1.67. The second-order valence-corrected chi connectivity index (χ2v) is 1.37. The summed E-state index contributed by atoms with van der Waals surface area (Å²) in [4.78, 5) is 0. The maximum Gasteiger partial charge on any atom is 1.00 e. The average molecular weight is 270 g/mol. The number of rotatable bonds is 1. The van der Waals surface area contributed by atoms with Crippen molar-refractivity contribution in [1.82, 2.24) is 0 Å². The van der Waals surface area contributed by atoms with E-state index in [1.54, 1.807) is 0 Å². The van der Waals surface area contributed by atoms with Crippen molar-refractivity contribution in [3.05, 3.63) is 5.92 Å². The molecule has 0 saturated heterocycles. The number of aliphatic hydroxyl groups excluding tert-OH is 1. The van der Waals surface area contributed by atoms with Gasteiger partial charge in [-0.1, -0.05) is 6.61 Å². The molecule has 2 heteroatoms. The Kier molecular flexibility index (Phi) is 9.36. The summed E-state index contributed by atoms with van der Waals surface area (Å²) in [7, 11) is 0. The van der Waals surface area contributed by atoms with E-state index in [1.165, 1.54) is 0 Å². The fourth-order valence-corrected chi connectivity index (χ4v) is 0. The Balaban J connectivity index is 0. The standard InChI is InChI=1S/C4H9O.Au/c1-4(2)3-5;/h5H,3H2,1-2H3;/q-1;+1. The van der Waals surface area contributed by atoms with Crippen LogP contribution in [0.2, 0.25) is 0 Å². The van der Waals surface area contributed by atoms with E-state index < -0.39 is 0 Å². The van der Waals surface area contributed by atoms with Crippen LogP contribution in [0.1, 0.15) is 13.8 Å². The van der Waals surface area contributed by atoms with Gasteiger partial charge in [0, 0.05) is 0 Å². The first kappa shape index (κ1) is 9.85. The number of aliphatic hydroxyl groups is 1. The second-order valence-electron chi connectivity index (χ2n) is 1.37. The minimum atomic E-state index is 0. The maximum atomic E-state index is 8.11. The molecule has 0 aliphatic rings. The summed E-state index contributed by atoms with van der Waals surface area (Å²) in [5.41, 5.74) is 0. The van der Waals surface area contributed by atoms with Gasteiger partial charge < -0.3 is 5.11 Å². The average Bonchev–Trinajstić information content (AvgIpc) is 1.38. The normalized spacial score (nSPS) is 8.00. The van der Waals surface area contributed by atoms with Gasteiger partial charge in [0.25, 0.3) is 0 Å². The summed E-state index contributed by atoms with van der Waals surface area (Å²) in [5.74, 6) is 1.06. The minimum absolute atomic E-state index is 0. The number of hydrogen-bond donors (Lipinski definition) is 1. The molecule has 1 nitrogen and oxygen atoms in total. The van der Waals surface area contributed by atoms with Crippen molar-refractivity contribution in [3.8, 4) is 0 Å². The third kappa shape index (κ3) is 8.83. The zero-order chi connectivity index (χ0) is 4.28. The molecule has 0 fully saturated rings. The van der Waals surface area contributed by atoms with Gasteiger partial charge in [-0.25, -0.2) is 0 Å². The van der Waals surface area contributed by atoms with Crippen LogP contribution in [0, 0.1) is 5.92 Å². The molecule has 0 rings (SSSR count). The van der Waals surface area contributed by atoms with Gasteiger partial charge in [-0.15, -0.1) is 0 Å². The van der Waals surface area contributed by atoms with E-state index >= 15 is 0 Å². The van der Waals surface area contributed by atoms with Crippen LogP contribution in [0.3, 0.4) is 0 Å². The summed E-state index contributed by atoms with van der Waals surface area (Å²) < 4.78 is 0. The predicted molar refractivity (Wildman–Crippen MR) is 21.7 cm³/mol. The molecule has 0 saturated carbocycles. The topological polar surface area (TPSA) is 20.2 Å². The molecule has 0 aromatic carbocycles. The van der Waals surface area contributed by atoms with Crippen LogP contribution in [0.15, 0.2) is 0 Å². The van der Waals surface area contributed by atoms with Crippen LogP contribution in [0.5, 0.6) is 0 Å². The molecule has 0 aliphatic heterocycles. The van der Waals surface area contributed by atoms with Gasteiger partial charge in [-0.2, -0.15) is 13.8 Å². The van der Waals surface area contributed by atoms with Crippen LogP contribution in [0.4, 0.5) is 0 Å². The van der Waals surface area contributed by atoms with Crippen molar-refractivity contribution in [3.63, 3.8) is 0 Å². The van der Waals surface area contributed by atoms with E-state index in [0.717, 1.165) is 5.92 Å². The summed E-state index contributed by atoms with van der Waals surface area (Å²) in [6.45, 7) is 4.00.